The third kappa shape index (κ3) is 1.92. The van der Waals surface area contributed by atoms with Gasteiger partial charge in [0, 0.05) is 5.56 Å². The number of ether oxygens (including phenoxy) is 1. The van der Waals surface area contributed by atoms with E-state index in [1.807, 2.05) is 6.07 Å². The van der Waals surface area contributed by atoms with E-state index >= 15 is 0 Å². The van der Waals surface area contributed by atoms with Crippen molar-refractivity contribution in [1.29, 1.82) is 0 Å². The summed E-state index contributed by atoms with van der Waals surface area (Å²) >= 11 is 0. The zero-order valence-electron chi connectivity index (χ0n) is 12.6. The normalized spacial score (nSPS) is 13.3. The van der Waals surface area contributed by atoms with Crippen molar-refractivity contribution in [2.45, 2.75) is 20.5 Å². The van der Waals surface area contributed by atoms with Crippen molar-refractivity contribution < 1.29 is 9.53 Å². The lowest BCUT2D eigenvalue weighted by Gasteiger charge is -2.12. The Bertz CT molecular complexity index is 905. The van der Waals surface area contributed by atoms with Crippen molar-refractivity contribution in [1.82, 2.24) is 0 Å². The van der Waals surface area contributed by atoms with Gasteiger partial charge in [-0.1, -0.05) is 53.6 Å². The van der Waals surface area contributed by atoms with Crippen LogP contribution in [0.15, 0.2) is 48.5 Å². The summed E-state index contributed by atoms with van der Waals surface area (Å²) in [4.78, 5) is 12.0. The van der Waals surface area contributed by atoms with E-state index in [-0.39, 0.29) is 5.97 Å². The molecule has 3 aromatic rings. The standard InChI is InChI=1S/C20H16O2/c1-12-3-6-14(7-4-12)19-16-9-13(2)5-8-15(16)10-17-18(19)11-22-20(17)21/h3-10H,11H2,1-2H3. The Labute approximate surface area is 129 Å². The van der Waals surface area contributed by atoms with Gasteiger partial charge in [-0.2, -0.15) is 0 Å². The van der Waals surface area contributed by atoms with Gasteiger partial charge >= 0.3 is 5.97 Å². The molecule has 0 aliphatic carbocycles. The second-order valence-electron chi connectivity index (χ2n) is 5.94. The van der Waals surface area contributed by atoms with E-state index in [4.69, 9.17) is 4.74 Å². The maximum atomic E-state index is 12.0. The molecule has 2 heteroatoms. The highest BCUT2D eigenvalue weighted by Crippen LogP contribution is 2.38. The van der Waals surface area contributed by atoms with E-state index in [0.717, 1.165) is 22.1 Å². The third-order valence-electron chi connectivity index (χ3n) is 4.31. The van der Waals surface area contributed by atoms with Crippen molar-refractivity contribution in [2.75, 3.05) is 0 Å². The highest BCUT2D eigenvalue weighted by Gasteiger charge is 2.26. The summed E-state index contributed by atoms with van der Waals surface area (Å²) in [5.74, 6) is -0.217. The lowest BCUT2D eigenvalue weighted by molar-refractivity contribution is 0.0535. The zero-order chi connectivity index (χ0) is 15.3. The number of hydrogen-bond donors (Lipinski definition) is 0. The Morgan fingerprint density at radius 1 is 0.909 bits per heavy atom. The van der Waals surface area contributed by atoms with Gasteiger partial charge < -0.3 is 4.74 Å². The van der Waals surface area contributed by atoms with Gasteiger partial charge in [0.25, 0.3) is 0 Å². The summed E-state index contributed by atoms with van der Waals surface area (Å²) in [6.07, 6.45) is 0. The lowest BCUT2D eigenvalue weighted by Crippen LogP contribution is -1.95. The van der Waals surface area contributed by atoms with Crippen LogP contribution in [0.5, 0.6) is 0 Å². The Balaban J connectivity index is 2.12. The number of carbonyl (C=O) groups is 1. The van der Waals surface area contributed by atoms with Crippen LogP contribution in [0.3, 0.4) is 0 Å². The van der Waals surface area contributed by atoms with Gasteiger partial charge in [0.15, 0.2) is 0 Å². The predicted octanol–water partition coefficient (Wildman–Crippen LogP) is 4.79. The van der Waals surface area contributed by atoms with Crippen LogP contribution in [0.1, 0.15) is 27.0 Å². The number of fused-ring (bicyclic) bond motifs is 2. The van der Waals surface area contributed by atoms with E-state index in [1.165, 1.54) is 16.5 Å². The number of cyclic esters (lactones) is 1. The number of rotatable bonds is 1. The van der Waals surface area contributed by atoms with Gasteiger partial charge in [-0.3, -0.25) is 0 Å². The molecule has 0 spiro atoms. The summed E-state index contributed by atoms with van der Waals surface area (Å²) in [6.45, 7) is 4.53. The molecular weight excluding hydrogens is 272 g/mol. The highest BCUT2D eigenvalue weighted by molar-refractivity contribution is 6.07. The molecule has 108 valence electrons. The van der Waals surface area contributed by atoms with Crippen LogP contribution in [0.25, 0.3) is 21.9 Å². The minimum atomic E-state index is -0.217. The van der Waals surface area contributed by atoms with E-state index in [1.54, 1.807) is 0 Å². The number of hydrogen-bond acceptors (Lipinski definition) is 2. The average molecular weight is 288 g/mol. The molecule has 22 heavy (non-hydrogen) atoms. The van der Waals surface area contributed by atoms with Gasteiger partial charge in [-0.05, 0) is 41.8 Å². The smallest absolute Gasteiger partial charge is 0.338 e. The minimum Gasteiger partial charge on any atom is -0.457 e. The molecular formula is C20H16O2. The van der Waals surface area contributed by atoms with Gasteiger partial charge in [0.1, 0.15) is 6.61 Å². The molecule has 0 N–H and O–H groups in total. The van der Waals surface area contributed by atoms with Crippen LogP contribution in [-0.2, 0) is 11.3 Å². The molecule has 1 aliphatic heterocycles. The van der Waals surface area contributed by atoms with Crippen molar-refractivity contribution in [3.8, 4) is 11.1 Å². The molecule has 2 nitrogen and oxygen atoms in total. The van der Waals surface area contributed by atoms with E-state index in [2.05, 4.69) is 56.3 Å². The Hall–Kier alpha value is -2.61. The van der Waals surface area contributed by atoms with Crippen LogP contribution in [0, 0.1) is 13.8 Å². The van der Waals surface area contributed by atoms with Crippen LogP contribution in [0.4, 0.5) is 0 Å². The first kappa shape index (κ1) is 13.1. The van der Waals surface area contributed by atoms with Gasteiger partial charge in [-0.15, -0.1) is 0 Å². The molecule has 4 rings (SSSR count). The van der Waals surface area contributed by atoms with E-state index in [0.29, 0.717) is 12.2 Å². The second kappa shape index (κ2) is 4.70. The third-order valence-corrected chi connectivity index (χ3v) is 4.31. The summed E-state index contributed by atoms with van der Waals surface area (Å²) in [7, 11) is 0. The molecule has 0 atom stereocenters. The largest absolute Gasteiger partial charge is 0.457 e. The van der Waals surface area contributed by atoms with Crippen LogP contribution in [-0.4, -0.2) is 5.97 Å². The molecule has 3 aromatic carbocycles. The van der Waals surface area contributed by atoms with Gasteiger partial charge in [-0.25, -0.2) is 4.79 Å². The topological polar surface area (TPSA) is 26.3 Å². The molecule has 0 unspecified atom stereocenters. The van der Waals surface area contributed by atoms with Gasteiger partial charge in [0.05, 0.1) is 5.56 Å². The van der Waals surface area contributed by atoms with E-state index in [9.17, 15) is 4.79 Å². The van der Waals surface area contributed by atoms with Crippen molar-refractivity contribution >= 4 is 16.7 Å². The maximum absolute atomic E-state index is 12.0. The van der Waals surface area contributed by atoms with E-state index < -0.39 is 0 Å². The van der Waals surface area contributed by atoms with Crippen LogP contribution >= 0.6 is 0 Å². The fourth-order valence-corrected chi connectivity index (χ4v) is 3.15. The summed E-state index contributed by atoms with van der Waals surface area (Å²) in [5, 5.41) is 2.26. The molecule has 0 radical (unpaired) electrons. The Morgan fingerprint density at radius 2 is 1.64 bits per heavy atom. The van der Waals surface area contributed by atoms with Crippen molar-refractivity contribution in [2.24, 2.45) is 0 Å². The SMILES string of the molecule is Cc1ccc(-c2c3c(cc4ccc(C)cc24)C(=O)OC3)cc1. The molecule has 1 aliphatic rings. The average Bonchev–Trinajstić information content (AvgIpc) is 2.87. The molecule has 0 saturated carbocycles. The summed E-state index contributed by atoms with van der Waals surface area (Å²) in [5.41, 5.74) is 6.41. The summed E-state index contributed by atoms with van der Waals surface area (Å²) < 4.78 is 5.27. The number of carbonyl (C=O) groups excluding carboxylic acids is 1. The van der Waals surface area contributed by atoms with Crippen molar-refractivity contribution in [3.63, 3.8) is 0 Å². The van der Waals surface area contributed by atoms with Crippen LogP contribution < -0.4 is 0 Å². The zero-order valence-corrected chi connectivity index (χ0v) is 12.6. The molecule has 0 bridgehead atoms. The first-order chi connectivity index (χ1) is 10.6. The fraction of sp³-hybridized carbons (Fsp3) is 0.150. The predicted molar refractivity (Wildman–Crippen MR) is 88.0 cm³/mol. The van der Waals surface area contributed by atoms with Gasteiger partial charge in [0.2, 0.25) is 0 Å². The number of esters is 1. The first-order valence-corrected chi connectivity index (χ1v) is 7.44. The summed E-state index contributed by atoms with van der Waals surface area (Å²) in [6, 6.07) is 16.7. The number of aryl methyl sites for hydroxylation is 2. The molecule has 1 heterocycles. The molecule has 0 aromatic heterocycles. The second-order valence-corrected chi connectivity index (χ2v) is 5.94. The number of benzene rings is 3. The highest BCUT2D eigenvalue weighted by atomic mass is 16.5. The lowest BCUT2D eigenvalue weighted by atomic mass is 9.90. The molecule has 0 amide bonds. The van der Waals surface area contributed by atoms with Crippen molar-refractivity contribution in [3.05, 3.63) is 70.8 Å². The molecule has 0 fully saturated rings. The van der Waals surface area contributed by atoms with Crippen LogP contribution in [0.2, 0.25) is 0 Å². The quantitative estimate of drug-likeness (QED) is 0.601. The first-order valence-electron chi connectivity index (χ1n) is 7.44. The fourth-order valence-electron chi connectivity index (χ4n) is 3.15. The maximum Gasteiger partial charge on any atom is 0.338 e. The Kier molecular flexibility index (Phi) is 2.80. The molecule has 0 saturated heterocycles. The minimum absolute atomic E-state index is 0.217. The monoisotopic (exact) mass is 288 g/mol. The Morgan fingerprint density at radius 3 is 2.41 bits per heavy atom.